The topological polar surface area (TPSA) is 122 Å². The van der Waals surface area contributed by atoms with Gasteiger partial charge in [-0.05, 0) is 43.0 Å². The highest BCUT2D eigenvalue weighted by Crippen LogP contribution is 2.42. The van der Waals surface area contributed by atoms with Gasteiger partial charge in [-0.2, -0.15) is 0 Å². The zero-order valence-electron chi connectivity index (χ0n) is 21.8. The van der Waals surface area contributed by atoms with Gasteiger partial charge in [0.25, 0.3) is 0 Å². The van der Waals surface area contributed by atoms with Gasteiger partial charge in [0.05, 0.1) is 12.5 Å². The van der Waals surface area contributed by atoms with E-state index >= 15 is 0 Å². The fourth-order valence-corrected chi connectivity index (χ4v) is 5.50. The minimum atomic E-state index is -0.934. The number of aromatic nitrogens is 1. The number of nitrogens with zero attached hydrogens (tertiary/aromatic N) is 3. The zero-order valence-corrected chi connectivity index (χ0v) is 21.8. The molecule has 0 unspecified atom stereocenters. The normalized spacial score (nSPS) is 20.5. The standard InChI is InChI=1S/C28H37N3O7/c1-2-3-11-29(13-6-15-32)26(34)18-31-17-21(20-8-9-23-24(16-20)38-19-37-23)27(28(35)36)22(31)10-14-30-12-5-4-7-25(30)33/h4-5,7-9,12,16,21-22,27,32H,2-3,6,10-11,13-15,17-19H2,1H3,(H,35,36)/t21-,22+,27-/m1/s1. The molecule has 206 valence electrons. The summed E-state index contributed by atoms with van der Waals surface area (Å²) in [5.74, 6) is -0.942. The Labute approximate surface area is 222 Å². The molecule has 1 saturated heterocycles. The van der Waals surface area contributed by atoms with Gasteiger partial charge in [0.1, 0.15) is 0 Å². The molecule has 2 N–H and O–H groups in total. The molecule has 2 aliphatic heterocycles. The summed E-state index contributed by atoms with van der Waals surface area (Å²) >= 11 is 0. The van der Waals surface area contributed by atoms with Crippen LogP contribution in [0.25, 0.3) is 0 Å². The Morgan fingerprint density at radius 3 is 2.63 bits per heavy atom. The Balaban J connectivity index is 1.61. The van der Waals surface area contributed by atoms with Crippen LogP contribution in [0.2, 0.25) is 0 Å². The third kappa shape index (κ3) is 6.36. The second-order valence-corrected chi connectivity index (χ2v) is 9.91. The Morgan fingerprint density at radius 2 is 1.89 bits per heavy atom. The van der Waals surface area contributed by atoms with E-state index in [1.165, 1.54) is 6.07 Å². The number of carbonyl (C=O) groups excluding carboxylic acids is 1. The highest BCUT2D eigenvalue weighted by Gasteiger charge is 2.47. The quantitative estimate of drug-likeness (QED) is 0.407. The van der Waals surface area contributed by atoms with Crippen molar-refractivity contribution in [3.05, 3.63) is 58.5 Å². The molecule has 1 aromatic heterocycles. The highest BCUT2D eigenvalue weighted by molar-refractivity contribution is 5.79. The lowest BCUT2D eigenvalue weighted by atomic mass is 9.84. The van der Waals surface area contributed by atoms with Crippen molar-refractivity contribution in [1.29, 1.82) is 0 Å². The number of carboxylic acid groups (broad SMARTS) is 1. The van der Waals surface area contributed by atoms with Crippen LogP contribution >= 0.6 is 0 Å². The summed E-state index contributed by atoms with van der Waals surface area (Å²) in [6.45, 7) is 4.06. The molecule has 0 aliphatic carbocycles. The molecule has 3 atom stereocenters. The summed E-state index contributed by atoms with van der Waals surface area (Å²) in [4.78, 5) is 42.1. The van der Waals surface area contributed by atoms with Crippen LogP contribution in [0.4, 0.5) is 0 Å². The zero-order chi connectivity index (χ0) is 27.1. The predicted octanol–water partition coefficient (Wildman–Crippen LogP) is 2.15. The van der Waals surface area contributed by atoms with Gasteiger partial charge in [0.2, 0.25) is 18.3 Å². The lowest BCUT2D eigenvalue weighted by Crippen LogP contribution is -2.45. The number of benzene rings is 1. The maximum absolute atomic E-state index is 13.4. The van der Waals surface area contributed by atoms with Crippen molar-refractivity contribution in [3.63, 3.8) is 0 Å². The molecule has 38 heavy (non-hydrogen) atoms. The van der Waals surface area contributed by atoms with E-state index in [0.29, 0.717) is 50.5 Å². The molecule has 2 aromatic rings. The molecule has 3 heterocycles. The number of aliphatic carboxylic acids is 1. The van der Waals surface area contributed by atoms with E-state index in [4.69, 9.17) is 9.47 Å². The van der Waals surface area contributed by atoms with Crippen molar-refractivity contribution in [2.24, 2.45) is 5.92 Å². The molecule has 4 rings (SSSR count). The molecular formula is C28H37N3O7. The number of ether oxygens (including phenoxy) is 2. The molecule has 0 saturated carbocycles. The van der Waals surface area contributed by atoms with Gasteiger partial charge in [-0.3, -0.25) is 19.3 Å². The molecule has 0 spiro atoms. The first-order valence-electron chi connectivity index (χ1n) is 13.3. The van der Waals surface area contributed by atoms with E-state index in [1.807, 2.05) is 17.0 Å². The van der Waals surface area contributed by atoms with E-state index in [1.54, 1.807) is 33.9 Å². The van der Waals surface area contributed by atoms with E-state index in [-0.39, 0.29) is 37.3 Å². The second-order valence-electron chi connectivity index (χ2n) is 9.91. The van der Waals surface area contributed by atoms with Crippen LogP contribution < -0.4 is 15.0 Å². The summed E-state index contributed by atoms with van der Waals surface area (Å²) in [5.41, 5.74) is 0.670. The van der Waals surface area contributed by atoms with Crippen LogP contribution in [0.3, 0.4) is 0 Å². The fraction of sp³-hybridized carbons (Fsp3) is 0.536. The van der Waals surface area contributed by atoms with Crippen LogP contribution in [0.15, 0.2) is 47.4 Å². The van der Waals surface area contributed by atoms with Crippen molar-refractivity contribution in [2.75, 3.05) is 39.6 Å². The third-order valence-corrected chi connectivity index (χ3v) is 7.48. The average Bonchev–Trinajstić information content (AvgIpc) is 3.52. The van der Waals surface area contributed by atoms with Gasteiger partial charge in [0, 0.05) is 57.0 Å². The van der Waals surface area contributed by atoms with Gasteiger partial charge in [-0.1, -0.05) is 25.5 Å². The van der Waals surface area contributed by atoms with E-state index < -0.39 is 17.9 Å². The van der Waals surface area contributed by atoms with Crippen LogP contribution in [-0.4, -0.2) is 82.1 Å². The van der Waals surface area contributed by atoms with E-state index in [2.05, 4.69) is 6.92 Å². The summed E-state index contributed by atoms with van der Waals surface area (Å²) in [6.07, 6.45) is 4.39. The van der Waals surface area contributed by atoms with Gasteiger partial charge in [0.15, 0.2) is 11.5 Å². The number of rotatable bonds is 13. The van der Waals surface area contributed by atoms with Crippen molar-refractivity contribution in [3.8, 4) is 11.5 Å². The number of likely N-dealkylation sites (tertiary alicyclic amines) is 1. The fourth-order valence-electron chi connectivity index (χ4n) is 5.50. The highest BCUT2D eigenvalue weighted by atomic mass is 16.7. The number of unbranched alkanes of at least 4 members (excludes halogenated alkanes) is 1. The first-order valence-corrected chi connectivity index (χ1v) is 13.3. The lowest BCUT2D eigenvalue weighted by molar-refractivity contribution is -0.144. The minimum Gasteiger partial charge on any atom is -0.481 e. The van der Waals surface area contributed by atoms with Crippen molar-refractivity contribution < 1.29 is 29.3 Å². The summed E-state index contributed by atoms with van der Waals surface area (Å²) in [5, 5.41) is 19.7. The Morgan fingerprint density at radius 1 is 1.11 bits per heavy atom. The lowest BCUT2D eigenvalue weighted by Gasteiger charge is -2.30. The SMILES string of the molecule is CCCCN(CCCO)C(=O)CN1C[C@H](c2ccc3c(c2)OCO3)[C@@H](C(=O)O)[C@@H]1CCn1ccccc1=O. The first-order chi connectivity index (χ1) is 18.4. The largest absolute Gasteiger partial charge is 0.481 e. The number of carboxylic acids is 1. The summed E-state index contributed by atoms with van der Waals surface area (Å²) in [7, 11) is 0. The van der Waals surface area contributed by atoms with Crippen molar-refractivity contribution in [1.82, 2.24) is 14.4 Å². The van der Waals surface area contributed by atoms with Gasteiger partial charge >= 0.3 is 5.97 Å². The monoisotopic (exact) mass is 527 g/mol. The van der Waals surface area contributed by atoms with E-state index in [9.17, 15) is 24.6 Å². The molecule has 0 radical (unpaired) electrons. The smallest absolute Gasteiger partial charge is 0.308 e. The second kappa shape index (κ2) is 12.9. The van der Waals surface area contributed by atoms with Crippen LogP contribution in [0, 0.1) is 5.92 Å². The number of aryl methyl sites for hydroxylation is 1. The maximum atomic E-state index is 13.4. The van der Waals surface area contributed by atoms with Crippen LogP contribution in [0.1, 0.15) is 44.1 Å². The molecule has 1 amide bonds. The Hall–Kier alpha value is -3.37. The Kier molecular flexibility index (Phi) is 9.41. The van der Waals surface area contributed by atoms with Gasteiger partial charge in [-0.15, -0.1) is 0 Å². The van der Waals surface area contributed by atoms with Gasteiger partial charge < -0.3 is 29.2 Å². The average molecular weight is 528 g/mol. The predicted molar refractivity (Wildman–Crippen MR) is 140 cm³/mol. The summed E-state index contributed by atoms with van der Waals surface area (Å²) in [6, 6.07) is 9.97. The summed E-state index contributed by atoms with van der Waals surface area (Å²) < 4.78 is 12.5. The number of pyridine rings is 1. The number of hydrogen-bond donors (Lipinski definition) is 2. The number of aliphatic hydroxyl groups is 1. The van der Waals surface area contributed by atoms with Crippen LogP contribution in [0.5, 0.6) is 11.5 Å². The molecule has 1 fully saturated rings. The van der Waals surface area contributed by atoms with E-state index in [0.717, 1.165) is 18.4 Å². The maximum Gasteiger partial charge on any atom is 0.308 e. The number of fused-ring (bicyclic) bond motifs is 1. The number of hydrogen-bond acceptors (Lipinski definition) is 7. The molecule has 0 bridgehead atoms. The van der Waals surface area contributed by atoms with Crippen LogP contribution in [-0.2, 0) is 16.1 Å². The molecule has 2 aliphatic rings. The van der Waals surface area contributed by atoms with Crippen molar-refractivity contribution in [2.45, 2.75) is 51.1 Å². The first kappa shape index (κ1) is 27.7. The molecule has 10 heteroatoms. The molecule has 10 nitrogen and oxygen atoms in total. The number of aliphatic hydroxyl groups excluding tert-OH is 1. The molecular weight excluding hydrogens is 490 g/mol. The third-order valence-electron chi connectivity index (χ3n) is 7.48. The van der Waals surface area contributed by atoms with Gasteiger partial charge in [-0.25, -0.2) is 0 Å². The number of amides is 1. The molecule has 1 aromatic carbocycles. The Bertz CT molecular complexity index is 1160. The van der Waals surface area contributed by atoms with Crippen molar-refractivity contribution >= 4 is 11.9 Å². The minimum absolute atomic E-state index is 0.00134. The number of carbonyl (C=O) groups is 2.